The predicted octanol–water partition coefficient (Wildman–Crippen LogP) is 7.40. The summed E-state index contributed by atoms with van der Waals surface area (Å²) in [5, 5.41) is 13.1. The number of halogens is 3. The quantitative estimate of drug-likeness (QED) is 0.215. The number of carboxylic acids is 1. The number of nitrogens with zero attached hydrogens (tertiary/aromatic N) is 4. The third-order valence-corrected chi connectivity index (χ3v) is 9.64. The number of likely N-dealkylation sites (tertiary alicyclic amines) is 1. The molecule has 1 aliphatic heterocycles. The Labute approximate surface area is 270 Å². The van der Waals surface area contributed by atoms with Gasteiger partial charge in [-0.2, -0.15) is 18.3 Å². The Bertz CT molecular complexity index is 1840. The number of aryl methyl sites for hydroxylation is 2. The summed E-state index contributed by atoms with van der Waals surface area (Å²) >= 11 is 0. The average Bonchev–Trinajstić information content (AvgIpc) is 3.68. The van der Waals surface area contributed by atoms with E-state index in [-0.39, 0.29) is 17.8 Å². The number of amides is 1. The fourth-order valence-corrected chi connectivity index (χ4v) is 7.15. The van der Waals surface area contributed by atoms with Crippen molar-refractivity contribution in [2.24, 2.45) is 5.92 Å². The minimum atomic E-state index is -4.95. The maximum absolute atomic E-state index is 13.9. The number of hydrogen-bond acceptors (Lipinski definition) is 5. The van der Waals surface area contributed by atoms with Crippen LogP contribution in [0.4, 0.5) is 13.2 Å². The SMILES string of the molecule is CCc1cc(OC2CCc3cccc(-c4cccc(-n5ncc(C(=O)O)c5C(F)(F)F)n4)c32)ccc1C1CCN(C(=O)C2CC2)CC1. The third-order valence-electron chi connectivity index (χ3n) is 9.64. The van der Waals surface area contributed by atoms with Crippen LogP contribution in [0.1, 0.15) is 89.4 Å². The van der Waals surface area contributed by atoms with E-state index >= 15 is 0 Å². The van der Waals surface area contributed by atoms with Crippen molar-refractivity contribution in [1.29, 1.82) is 0 Å². The van der Waals surface area contributed by atoms with Gasteiger partial charge in [-0.05, 0) is 91.8 Å². The lowest BCUT2D eigenvalue weighted by atomic mass is 9.85. The fraction of sp³-hybridized carbons (Fsp3) is 0.389. The van der Waals surface area contributed by atoms with Gasteiger partial charge in [0.05, 0.1) is 11.9 Å². The molecular weight excluding hydrogens is 609 g/mol. The van der Waals surface area contributed by atoms with Crippen molar-refractivity contribution < 1.29 is 32.6 Å². The maximum atomic E-state index is 13.9. The predicted molar refractivity (Wildman–Crippen MR) is 168 cm³/mol. The van der Waals surface area contributed by atoms with Crippen molar-refractivity contribution in [3.05, 3.63) is 94.3 Å². The first-order chi connectivity index (χ1) is 22.6. The first kappa shape index (κ1) is 31.0. The van der Waals surface area contributed by atoms with Crippen LogP contribution >= 0.6 is 0 Å². The fourth-order valence-electron chi connectivity index (χ4n) is 7.15. The van der Waals surface area contributed by atoms with Gasteiger partial charge < -0.3 is 14.7 Å². The number of pyridine rings is 1. The van der Waals surface area contributed by atoms with Crippen LogP contribution in [-0.2, 0) is 23.8 Å². The molecule has 2 aromatic heterocycles. The zero-order chi connectivity index (χ0) is 32.9. The van der Waals surface area contributed by atoms with E-state index in [1.807, 2.05) is 29.2 Å². The molecule has 2 aromatic carbocycles. The van der Waals surface area contributed by atoms with E-state index in [9.17, 15) is 27.9 Å². The minimum Gasteiger partial charge on any atom is -0.486 e. The van der Waals surface area contributed by atoms with Crippen LogP contribution in [0.5, 0.6) is 5.75 Å². The molecule has 1 amide bonds. The molecule has 4 aromatic rings. The third kappa shape index (κ3) is 5.99. The van der Waals surface area contributed by atoms with Gasteiger partial charge in [0.15, 0.2) is 11.5 Å². The molecule has 47 heavy (non-hydrogen) atoms. The second kappa shape index (κ2) is 12.2. The van der Waals surface area contributed by atoms with Crippen molar-refractivity contribution in [2.75, 3.05) is 13.1 Å². The topological polar surface area (TPSA) is 97.6 Å². The van der Waals surface area contributed by atoms with Crippen molar-refractivity contribution in [1.82, 2.24) is 19.7 Å². The molecule has 1 N–H and O–H groups in total. The molecule has 3 aliphatic rings. The number of rotatable bonds is 8. The van der Waals surface area contributed by atoms with Crippen LogP contribution in [-0.4, -0.2) is 49.7 Å². The van der Waals surface area contributed by atoms with Crippen molar-refractivity contribution >= 4 is 11.9 Å². The number of ether oxygens (including phenoxy) is 1. The highest BCUT2D eigenvalue weighted by Gasteiger charge is 2.41. The summed E-state index contributed by atoms with van der Waals surface area (Å²) in [7, 11) is 0. The molecule has 1 saturated carbocycles. The lowest BCUT2D eigenvalue weighted by Gasteiger charge is -2.33. The van der Waals surface area contributed by atoms with E-state index in [1.54, 1.807) is 12.1 Å². The molecule has 7 rings (SSSR count). The number of benzene rings is 2. The molecule has 0 bridgehead atoms. The summed E-state index contributed by atoms with van der Waals surface area (Å²) in [5.41, 5.74) is 3.42. The minimum absolute atomic E-state index is 0.138. The molecule has 0 spiro atoms. The Morgan fingerprint density at radius 1 is 1.00 bits per heavy atom. The molecule has 1 saturated heterocycles. The molecule has 11 heteroatoms. The van der Waals surface area contributed by atoms with E-state index in [0.717, 1.165) is 80.5 Å². The largest absolute Gasteiger partial charge is 0.486 e. The molecule has 2 fully saturated rings. The van der Waals surface area contributed by atoms with Gasteiger partial charge in [-0.3, -0.25) is 4.79 Å². The summed E-state index contributed by atoms with van der Waals surface area (Å²) in [5.74, 6) is -0.124. The van der Waals surface area contributed by atoms with Crippen LogP contribution in [0.25, 0.3) is 17.1 Å². The summed E-state index contributed by atoms with van der Waals surface area (Å²) in [6, 6.07) is 16.8. The van der Waals surface area contributed by atoms with E-state index < -0.39 is 23.4 Å². The lowest BCUT2D eigenvalue weighted by Crippen LogP contribution is -2.38. The molecular formula is C36H35F3N4O4. The highest BCUT2D eigenvalue weighted by Crippen LogP contribution is 2.42. The summed E-state index contributed by atoms with van der Waals surface area (Å²) in [6.07, 6.45) is 1.80. The number of piperidine rings is 1. The number of aromatic carboxylic acids is 1. The van der Waals surface area contributed by atoms with Crippen LogP contribution in [0.3, 0.4) is 0 Å². The van der Waals surface area contributed by atoms with E-state index in [1.165, 1.54) is 17.2 Å². The Morgan fingerprint density at radius 3 is 2.47 bits per heavy atom. The number of carbonyl (C=O) groups excluding carboxylic acids is 1. The zero-order valence-corrected chi connectivity index (χ0v) is 26.0. The highest BCUT2D eigenvalue weighted by atomic mass is 19.4. The number of hydrogen-bond donors (Lipinski definition) is 1. The number of carbonyl (C=O) groups is 2. The molecule has 0 radical (unpaired) electrons. The van der Waals surface area contributed by atoms with Crippen LogP contribution < -0.4 is 4.74 Å². The summed E-state index contributed by atoms with van der Waals surface area (Å²) in [6.45, 7) is 3.74. The first-order valence-corrected chi connectivity index (χ1v) is 16.2. The molecule has 1 unspecified atom stereocenters. The molecule has 8 nitrogen and oxygen atoms in total. The number of fused-ring (bicyclic) bond motifs is 1. The Morgan fingerprint density at radius 2 is 1.77 bits per heavy atom. The Hall–Kier alpha value is -4.67. The van der Waals surface area contributed by atoms with E-state index in [0.29, 0.717) is 28.4 Å². The second-order valence-electron chi connectivity index (χ2n) is 12.6. The van der Waals surface area contributed by atoms with Gasteiger partial charge in [0, 0.05) is 30.1 Å². The second-order valence-corrected chi connectivity index (χ2v) is 12.6. The molecule has 244 valence electrons. The van der Waals surface area contributed by atoms with Gasteiger partial charge in [0.1, 0.15) is 17.4 Å². The maximum Gasteiger partial charge on any atom is 0.434 e. The van der Waals surface area contributed by atoms with Crippen LogP contribution in [0.15, 0.2) is 60.8 Å². The normalized spacial score (nSPS) is 18.3. The van der Waals surface area contributed by atoms with E-state index in [4.69, 9.17) is 4.74 Å². The summed E-state index contributed by atoms with van der Waals surface area (Å²) < 4.78 is 48.9. The standard InChI is InChI=1S/C36H35F3N4O4/c1-2-21-19-25(12-13-26(21)22-15-17-42(18-16-22)34(44)24-9-10-24)47-30-14-11-23-5-3-6-27(32(23)30)29-7-4-8-31(41-29)43-33(36(37,38)39)28(20-40-43)35(45)46/h3-8,12-13,19-20,22,24,30H,2,9-11,14-18H2,1H3,(H,45,46). The van der Waals surface area contributed by atoms with Crippen LogP contribution in [0, 0.1) is 5.92 Å². The number of aromatic nitrogens is 3. The molecule has 2 aliphatic carbocycles. The monoisotopic (exact) mass is 644 g/mol. The van der Waals surface area contributed by atoms with Gasteiger partial charge in [0.2, 0.25) is 5.91 Å². The number of carboxylic acid groups (broad SMARTS) is 1. The molecule has 1 atom stereocenters. The summed E-state index contributed by atoms with van der Waals surface area (Å²) in [4.78, 5) is 30.6. The van der Waals surface area contributed by atoms with Crippen LogP contribution in [0.2, 0.25) is 0 Å². The Kier molecular flexibility index (Phi) is 8.01. The Balaban J connectivity index is 1.14. The van der Waals surface area contributed by atoms with Crippen molar-refractivity contribution in [3.8, 4) is 22.8 Å². The smallest absolute Gasteiger partial charge is 0.434 e. The lowest BCUT2D eigenvalue weighted by molar-refractivity contribution is -0.143. The first-order valence-electron chi connectivity index (χ1n) is 16.2. The zero-order valence-electron chi connectivity index (χ0n) is 26.0. The van der Waals surface area contributed by atoms with Crippen molar-refractivity contribution in [2.45, 2.75) is 70.1 Å². The average molecular weight is 645 g/mol. The van der Waals surface area contributed by atoms with E-state index in [2.05, 4.69) is 29.1 Å². The molecule has 3 heterocycles. The van der Waals surface area contributed by atoms with Gasteiger partial charge in [0.25, 0.3) is 0 Å². The van der Waals surface area contributed by atoms with Gasteiger partial charge in [-0.1, -0.05) is 37.3 Å². The van der Waals surface area contributed by atoms with Crippen molar-refractivity contribution in [3.63, 3.8) is 0 Å². The highest BCUT2D eigenvalue weighted by molar-refractivity contribution is 5.89. The van der Waals surface area contributed by atoms with Gasteiger partial charge >= 0.3 is 12.1 Å². The number of alkyl halides is 3. The van der Waals surface area contributed by atoms with Gasteiger partial charge in [-0.15, -0.1) is 0 Å². The van der Waals surface area contributed by atoms with Gasteiger partial charge in [-0.25, -0.2) is 14.5 Å².